The number of aryl methyl sites for hydroxylation is 1. The Bertz CT molecular complexity index is 591. The number of hydrogen-bond acceptors (Lipinski definition) is 4. The van der Waals surface area contributed by atoms with E-state index in [-0.39, 0.29) is 11.8 Å². The molecular weight excluding hydrogens is 256 g/mol. The number of carbonyl (C=O) groups is 2. The first-order valence-corrected chi connectivity index (χ1v) is 6.52. The van der Waals surface area contributed by atoms with Crippen LogP contribution in [0.1, 0.15) is 35.3 Å². The Morgan fingerprint density at radius 2 is 2.10 bits per heavy atom. The monoisotopic (exact) mass is 274 g/mol. The van der Waals surface area contributed by atoms with Crippen LogP contribution in [0.5, 0.6) is 0 Å². The second-order valence-corrected chi connectivity index (χ2v) is 5.20. The quantitative estimate of drug-likeness (QED) is 0.853. The molecule has 0 spiro atoms. The van der Waals surface area contributed by atoms with Crippen LogP contribution in [0.25, 0.3) is 0 Å². The Balaban J connectivity index is 2.46. The predicted octanol–water partition coefficient (Wildman–Crippen LogP) is 1.68. The van der Waals surface area contributed by atoms with Crippen LogP contribution in [0.15, 0.2) is 23.2 Å². The fourth-order valence-corrected chi connectivity index (χ4v) is 2.15. The molecule has 1 aromatic carbocycles. The number of methoxy groups -OCH3 is 1. The second kappa shape index (κ2) is 5.45. The summed E-state index contributed by atoms with van der Waals surface area (Å²) in [6.45, 7) is 5.77. The summed E-state index contributed by atoms with van der Waals surface area (Å²) in [4.78, 5) is 28.1. The van der Waals surface area contributed by atoms with E-state index in [1.54, 1.807) is 12.1 Å². The first-order valence-electron chi connectivity index (χ1n) is 6.52. The predicted molar refractivity (Wildman–Crippen MR) is 75.8 cm³/mol. The number of benzene rings is 1. The third-order valence-electron chi connectivity index (χ3n) is 3.25. The summed E-state index contributed by atoms with van der Waals surface area (Å²) in [6.07, 6.45) is 0. The molecule has 0 saturated carbocycles. The van der Waals surface area contributed by atoms with E-state index in [1.165, 1.54) is 7.11 Å². The summed E-state index contributed by atoms with van der Waals surface area (Å²) in [5.74, 6) is -0.0198. The van der Waals surface area contributed by atoms with Crippen LogP contribution in [0.2, 0.25) is 0 Å². The van der Waals surface area contributed by atoms with Gasteiger partial charge in [0.15, 0.2) is 0 Å². The third kappa shape index (κ3) is 2.57. The Labute approximate surface area is 118 Å². The molecule has 0 aliphatic carbocycles. The average Bonchev–Trinajstić information content (AvgIpc) is 2.79. The van der Waals surface area contributed by atoms with Gasteiger partial charge < -0.3 is 10.1 Å². The van der Waals surface area contributed by atoms with Crippen LogP contribution in [0.4, 0.5) is 0 Å². The number of carbonyl (C=O) groups excluding carboxylic acids is 2. The molecule has 1 atom stereocenters. The molecule has 20 heavy (non-hydrogen) atoms. The van der Waals surface area contributed by atoms with Crippen molar-refractivity contribution in [3.63, 3.8) is 0 Å². The number of nitrogens with one attached hydrogen (secondary N) is 1. The molecule has 1 aliphatic rings. The molecule has 1 aliphatic heterocycles. The standard InChI is InChI=1S/C15H18N2O3/c1-8(2)12-14(18)17-13(16-12)10-6-5-9(3)7-11(10)15(19)20-4/h5-8,12H,1-4H3,(H,16,17,18). The van der Waals surface area contributed by atoms with Crippen molar-refractivity contribution in [3.05, 3.63) is 34.9 Å². The highest BCUT2D eigenvalue weighted by molar-refractivity contribution is 6.17. The van der Waals surface area contributed by atoms with E-state index in [0.29, 0.717) is 17.0 Å². The summed E-state index contributed by atoms with van der Waals surface area (Å²) < 4.78 is 4.79. The average molecular weight is 274 g/mol. The number of hydrogen-bond donors (Lipinski definition) is 1. The fourth-order valence-electron chi connectivity index (χ4n) is 2.15. The Kier molecular flexibility index (Phi) is 3.88. The molecule has 0 bridgehead atoms. The Hall–Kier alpha value is -2.17. The van der Waals surface area contributed by atoms with Gasteiger partial charge in [-0.25, -0.2) is 4.79 Å². The van der Waals surface area contributed by atoms with Gasteiger partial charge in [-0.15, -0.1) is 0 Å². The van der Waals surface area contributed by atoms with E-state index in [4.69, 9.17) is 4.74 Å². The van der Waals surface area contributed by atoms with Gasteiger partial charge >= 0.3 is 5.97 Å². The normalized spacial score (nSPS) is 17.9. The van der Waals surface area contributed by atoms with Crippen LogP contribution < -0.4 is 5.32 Å². The molecule has 106 valence electrons. The van der Waals surface area contributed by atoms with Crippen LogP contribution in [0, 0.1) is 12.8 Å². The topological polar surface area (TPSA) is 67.8 Å². The maximum Gasteiger partial charge on any atom is 0.338 e. The van der Waals surface area contributed by atoms with E-state index in [2.05, 4.69) is 10.3 Å². The lowest BCUT2D eigenvalue weighted by atomic mass is 10.0. The van der Waals surface area contributed by atoms with Gasteiger partial charge in [0.2, 0.25) is 0 Å². The first kappa shape index (κ1) is 14.2. The van der Waals surface area contributed by atoms with Crippen LogP contribution >= 0.6 is 0 Å². The SMILES string of the molecule is COC(=O)c1cc(C)ccc1C1=NC(C(C)C)C(=O)N1. The lowest BCUT2D eigenvalue weighted by Gasteiger charge is -2.08. The smallest absolute Gasteiger partial charge is 0.338 e. The number of nitrogens with zero attached hydrogens (tertiary/aromatic N) is 1. The van der Waals surface area contributed by atoms with Gasteiger partial charge in [-0.05, 0) is 18.9 Å². The van der Waals surface area contributed by atoms with Crippen molar-refractivity contribution in [2.45, 2.75) is 26.8 Å². The molecule has 1 aromatic rings. The minimum Gasteiger partial charge on any atom is -0.465 e. The zero-order valence-electron chi connectivity index (χ0n) is 12.1. The molecule has 2 rings (SSSR count). The number of aliphatic imine (C=N–C) groups is 1. The number of esters is 1. The van der Waals surface area contributed by atoms with Crippen molar-refractivity contribution in [1.82, 2.24) is 5.32 Å². The van der Waals surface area contributed by atoms with Crippen molar-refractivity contribution in [3.8, 4) is 0 Å². The Morgan fingerprint density at radius 3 is 2.65 bits per heavy atom. The van der Waals surface area contributed by atoms with Crippen molar-refractivity contribution >= 4 is 17.7 Å². The molecule has 5 heteroatoms. The van der Waals surface area contributed by atoms with E-state index in [9.17, 15) is 9.59 Å². The largest absolute Gasteiger partial charge is 0.465 e. The zero-order chi connectivity index (χ0) is 14.9. The minimum atomic E-state index is -0.436. The van der Waals surface area contributed by atoms with E-state index in [1.807, 2.05) is 26.8 Å². The van der Waals surface area contributed by atoms with E-state index in [0.717, 1.165) is 5.56 Å². The molecule has 0 fully saturated rings. The van der Waals surface area contributed by atoms with Crippen molar-refractivity contribution in [2.24, 2.45) is 10.9 Å². The zero-order valence-corrected chi connectivity index (χ0v) is 12.1. The minimum absolute atomic E-state index is 0.111. The van der Waals surface area contributed by atoms with Gasteiger partial charge in [0, 0.05) is 5.56 Å². The highest BCUT2D eigenvalue weighted by atomic mass is 16.5. The van der Waals surface area contributed by atoms with Gasteiger partial charge in [0.1, 0.15) is 11.9 Å². The summed E-state index contributed by atoms with van der Waals surface area (Å²) in [5, 5.41) is 2.74. The molecule has 1 heterocycles. The molecule has 1 N–H and O–H groups in total. The summed E-state index contributed by atoms with van der Waals surface area (Å²) in [7, 11) is 1.33. The molecular formula is C15H18N2O3. The maximum absolute atomic E-state index is 11.9. The van der Waals surface area contributed by atoms with E-state index >= 15 is 0 Å². The van der Waals surface area contributed by atoms with Crippen molar-refractivity contribution < 1.29 is 14.3 Å². The number of amides is 1. The van der Waals surface area contributed by atoms with Gasteiger partial charge in [0.05, 0.1) is 12.7 Å². The summed E-state index contributed by atoms with van der Waals surface area (Å²) in [6, 6.07) is 4.98. The van der Waals surface area contributed by atoms with Gasteiger partial charge in [-0.1, -0.05) is 31.5 Å². The van der Waals surface area contributed by atoms with Crippen LogP contribution in [0.3, 0.4) is 0 Å². The molecule has 1 unspecified atom stereocenters. The number of amidine groups is 1. The van der Waals surface area contributed by atoms with Crippen LogP contribution in [-0.2, 0) is 9.53 Å². The van der Waals surface area contributed by atoms with Gasteiger partial charge in [0.25, 0.3) is 5.91 Å². The summed E-state index contributed by atoms with van der Waals surface area (Å²) in [5.41, 5.74) is 1.95. The lowest BCUT2D eigenvalue weighted by molar-refractivity contribution is -0.120. The van der Waals surface area contributed by atoms with Gasteiger partial charge in [-0.3, -0.25) is 9.79 Å². The molecule has 1 amide bonds. The lowest BCUT2D eigenvalue weighted by Crippen LogP contribution is -2.32. The second-order valence-electron chi connectivity index (χ2n) is 5.20. The number of rotatable bonds is 3. The van der Waals surface area contributed by atoms with Crippen molar-refractivity contribution in [1.29, 1.82) is 0 Å². The highest BCUT2D eigenvalue weighted by Crippen LogP contribution is 2.19. The molecule has 0 saturated heterocycles. The maximum atomic E-state index is 11.9. The highest BCUT2D eigenvalue weighted by Gasteiger charge is 2.31. The fraction of sp³-hybridized carbons (Fsp3) is 0.400. The van der Waals surface area contributed by atoms with Gasteiger partial charge in [-0.2, -0.15) is 0 Å². The number of ether oxygens (including phenoxy) is 1. The van der Waals surface area contributed by atoms with Crippen molar-refractivity contribution in [2.75, 3.05) is 7.11 Å². The van der Waals surface area contributed by atoms with Crippen LogP contribution in [-0.4, -0.2) is 30.9 Å². The third-order valence-corrected chi connectivity index (χ3v) is 3.25. The molecule has 5 nitrogen and oxygen atoms in total. The molecule has 0 aromatic heterocycles. The molecule has 0 radical (unpaired) electrons. The summed E-state index contributed by atoms with van der Waals surface area (Å²) >= 11 is 0. The van der Waals surface area contributed by atoms with E-state index < -0.39 is 12.0 Å². The first-order chi connectivity index (χ1) is 9.43. The Morgan fingerprint density at radius 1 is 1.40 bits per heavy atom.